The molecule has 1 aromatic rings. The van der Waals surface area contributed by atoms with Crippen molar-refractivity contribution < 1.29 is 33.3 Å². The number of phenolic OH excluding ortho intramolecular Hbond substituents is 1. The molecule has 218 valence electrons. The molecule has 1 aliphatic carbocycles. The molecule has 0 spiro atoms. The number of rotatable bonds is 14. The minimum absolute atomic E-state index is 0.00359. The average Bonchev–Trinajstić information content (AvgIpc) is 2.83. The van der Waals surface area contributed by atoms with Gasteiger partial charge in [0.2, 0.25) is 0 Å². The van der Waals surface area contributed by atoms with Crippen molar-refractivity contribution in [3.05, 3.63) is 47.1 Å². The summed E-state index contributed by atoms with van der Waals surface area (Å²) >= 11 is 0. The van der Waals surface area contributed by atoms with Crippen molar-refractivity contribution in [3.63, 3.8) is 0 Å². The summed E-state index contributed by atoms with van der Waals surface area (Å²) in [4.78, 5) is 25.5. The fraction of sp³-hybridized carbons (Fsp3) is 0.600. The summed E-state index contributed by atoms with van der Waals surface area (Å²) in [5, 5.41) is 13.9. The van der Waals surface area contributed by atoms with Crippen LogP contribution in [0.1, 0.15) is 97.6 Å². The number of carbonyl (C=O) groups excluding carboxylic acids is 2. The summed E-state index contributed by atoms with van der Waals surface area (Å²) in [6, 6.07) is 2.34. The van der Waals surface area contributed by atoms with E-state index >= 15 is 0 Å². The Morgan fingerprint density at radius 1 is 1.21 bits per heavy atom. The molecule has 39 heavy (non-hydrogen) atoms. The van der Waals surface area contributed by atoms with Crippen molar-refractivity contribution in [2.75, 3.05) is 6.61 Å². The van der Waals surface area contributed by atoms with Gasteiger partial charge in [0.1, 0.15) is 17.5 Å². The third-order valence-electron chi connectivity index (χ3n) is 6.77. The minimum atomic E-state index is -4.48. The van der Waals surface area contributed by atoms with Gasteiger partial charge in [0.15, 0.2) is 0 Å². The van der Waals surface area contributed by atoms with Gasteiger partial charge < -0.3 is 19.1 Å². The van der Waals surface area contributed by atoms with Crippen LogP contribution in [0.15, 0.2) is 35.9 Å². The molecular formula is C30H46NO7P. The van der Waals surface area contributed by atoms with Crippen molar-refractivity contribution in [2.45, 2.75) is 105 Å². The molecule has 0 saturated carbocycles. The molecule has 0 aliphatic heterocycles. The van der Waals surface area contributed by atoms with Gasteiger partial charge in [0.05, 0.1) is 12.7 Å². The second-order valence-corrected chi connectivity index (χ2v) is 12.6. The molecule has 0 bridgehead atoms. The number of hydrogen-bond acceptors (Lipinski definition) is 7. The molecule has 8 nitrogen and oxygen atoms in total. The zero-order valence-electron chi connectivity index (χ0n) is 24.5. The Kier molecular flexibility index (Phi) is 12.3. The van der Waals surface area contributed by atoms with Crippen LogP contribution in [0, 0.1) is 5.92 Å². The Balaban J connectivity index is 2.65. The maximum Gasteiger partial charge on any atom is 0.424 e. The topological polar surface area (TPSA) is 111 Å². The first kappa shape index (κ1) is 32.6. The van der Waals surface area contributed by atoms with E-state index in [0.717, 1.165) is 48.8 Å². The molecule has 0 radical (unpaired) electrons. The van der Waals surface area contributed by atoms with E-state index in [1.165, 1.54) is 6.92 Å². The molecular weight excluding hydrogens is 517 g/mol. The summed E-state index contributed by atoms with van der Waals surface area (Å²) < 4.78 is 30.5. The van der Waals surface area contributed by atoms with Crippen LogP contribution >= 0.6 is 7.52 Å². The van der Waals surface area contributed by atoms with E-state index in [9.17, 15) is 19.3 Å². The lowest BCUT2D eigenvalue weighted by Crippen LogP contribution is -2.37. The normalized spacial score (nSPS) is 19.5. The lowest BCUT2D eigenvalue weighted by atomic mass is 9.73. The first-order valence-corrected chi connectivity index (χ1v) is 15.6. The number of unbranched alkanes of at least 4 members (excludes halogenated alkanes) is 2. The average molecular weight is 564 g/mol. The highest BCUT2D eigenvalue weighted by molar-refractivity contribution is 7.74. The van der Waals surface area contributed by atoms with E-state index in [4.69, 9.17) is 14.0 Å². The zero-order valence-corrected chi connectivity index (χ0v) is 25.4. The number of esters is 1. The number of phenols is 1. The molecule has 0 saturated heterocycles. The van der Waals surface area contributed by atoms with Crippen LogP contribution in [0.4, 0.5) is 4.79 Å². The fourth-order valence-electron chi connectivity index (χ4n) is 4.81. The summed E-state index contributed by atoms with van der Waals surface area (Å²) in [7, 11) is -4.48. The van der Waals surface area contributed by atoms with Crippen molar-refractivity contribution >= 4 is 19.2 Å². The Bertz CT molecular complexity index is 1110. The molecule has 1 aliphatic rings. The van der Waals surface area contributed by atoms with Crippen molar-refractivity contribution in [1.29, 1.82) is 0 Å². The molecule has 0 aromatic heterocycles. The standard InChI is InChI=1S/C30H46NO7P/c1-9-11-12-13-23-17-26(32)28(25-16-21(7)14-15-24(25)19(3)4)27(18-23)38-39(35,30(34)36-10-2)31-22(8)29(33)37-20(5)6/h16-18,20,22,24-25,32H,3,9-15H2,1-2,4-8H3,(H,31,35)/t22-,24-,25+,39?/m0/s1. The van der Waals surface area contributed by atoms with Crippen LogP contribution in [-0.2, 0) is 25.3 Å². The predicted molar refractivity (Wildman–Crippen MR) is 154 cm³/mol. The third kappa shape index (κ3) is 8.97. The number of ether oxygens (including phenoxy) is 2. The van der Waals surface area contributed by atoms with Gasteiger partial charge in [-0.15, -0.1) is 0 Å². The largest absolute Gasteiger partial charge is 0.507 e. The van der Waals surface area contributed by atoms with Gasteiger partial charge >= 0.3 is 19.2 Å². The van der Waals surface area contributed by atoms with E-state index in [-0.39, 0.29) is 29.9 Å². The number of nitrogens with one attached hydrogen (secondary N) is 1. The van der Waals surface area contributed by atoms with Gasteiger partial charge in [0, 0.05) is 11.5 Å². The van der Waals surface area contributed by atoms with E-state index in [2.05, 4.69) is 24.7 Å². The summed E-state index contributed by atoms with van der Waals surface area (Å²) in [5.74, 6) is -0.832. The van der Waals surface area contributed by atoms with Gasteiger partial charge in [-0.2, -0.15) is 0 Å². The highest BCUT2D eigenvalue weighted by Gasteiger charge is 2.42. The molecule has 0 fully saturated rings. The van der Waals surface area contributed by atoms with Gasteiger partial charge in [-0.1, -0.05) is 43.6 Å². The van der Waals surface area contributed by atoms with Gasteiger partial charge in [-0.05, 0) is 90.8 Å². The molecule has 0 amide bonds. The van der Waals surface area contributed by atoms with Gasteiger partial charge in [-0.25, -0.2) is 14.4 Å². The summed E-state index contributed by atoms with van der Waals surface area (Å²) in [5.41, 5.74) is 2.24. The van der Waals surface area contributed by atoms with Crippen LogP contribution in [0.5, 0.6) is 11.5 Å². The van der Waals surface area contributed by atoms with Crippen molar-refractivity contribution in [1.82, 2.24) is 5.09 Å². The van der Waals surface area contributed by atoms with Crippen LogP contribution in [0.2, 0.25) is 0 Å². The van der Waals surface area contributed by atoms with E-state index in [1.54, 1.807) is 32.9 Å². The quantitative estimate of drug-likeness (QED) is 0.102. The number of hydrogen-bond donors (Lipinski definition) is 2. The van der Waals surface area contributed by atoms with Crippen LogP contribution in [0.25, 0.3) is 0 Å². The SMILES string of the molecule is C=C(C)[C@@H]1CCC(C)=C[C@H]1c1c(O)cc(CCCCC)cc1OP(=O)(N[C@@H](C)C(=O)OC(C)C)C(=O)OCC. The maximum atomic E-state index is 14.1. The van der Waals surface area contributed by atoms with E-state index in [1.807, 2.05) is 13.8 Å². The first-order chi connectivity index (χ1) is 18.3. The highest BCUT2D eigenvalue weighted by atomic mass is 31.2. The summed E-state index contributed by atoms with van der Waals surface area (Å²) in [6.45, 7) is 16.7. The molecule has 2 N–H and O–H groups in total. The number of allylic oxidation sites excluding steroid dienone is 3. The number of benzene rings is 1. The number of aryl methyl sites for hydroxylation is 1. The second kappa shape index (κ2) is 14.7. The van der Waals surface area contributed by atoms with Crippen LogP contribution in [-0.4, -0.2) is 35.5 Å². The van der Waals surface area contributed by atoms with Crippen molar-refractivity contribution in [2.24, 2.45) is 5.92 Å². The maximum absolute atomic E-state index is 14.1. The predicted octanol–water partition coefficient (Wildman–Crippen LogP) is 7.80. The van der Waals surface area contributed by atoms with Gasteiger partial charge in [0.25, 0.3) is 0 Å². The highest BCUT2D eigenvalue weighted by Crippen LogP contribution is 2.52. The Hall–Kier alpha value is -2.57. The third-order valence-corrected chi connectivity index (χ3v) is 8.56. The Morgan fingerprint density at radius 3 is 2.49 bits per heavy atom. The zero-order chi connectivity index (χ0) is 29.3. The summed E-state index contributed by atoms with van der Waals surface area (Å²) in [6.07, 6.45) is 7.04. The second-order valence-electron chi connectivity index (χ2n) is 10.7. The van der Waals surface area contributed by atoms with Crippen LogP contribution < -0.4 is 9.61 Å². The first-order valence-electron chi connectivity index (χ1n) is 14.0. The lowest BCUT2D eigenvalue weighted by molar-refractivity contribution is -0.149. The molecule has 9 heteroatoms. The number of carbonyl (C=O) groups is 2. The monoisotopic (exact) mass is 563 g/mol. The van der Waals surface area contributed by atoms with E-state index < -0.39 is 31.3 Å². The number of aromatic hydroxyl groups is 1. The molecule has 0 heterocycles. The van der Waals surface area contributed by atoms with E-state index in [0.29, 0.717) is 12.0 Å². The van der Waals surface area contributed by atoms with Gasteiger partial charge in [-0.3, -0.25) is 4.79 Å². The molecule has 1 unspecified atom stereocenters. The smallest absolute Gasteiger partial charge is 0.424 e. The molecule has 1 aromatic carbocycles. The lowest BCUT2D eigenvalue weighted by Gasteiger charge is -2.33. The molecule has 4 atom stereocenters. The fourth-order valence-corrected chi connectivity index (χ4v) is 6.39. The minimum Gasteiger partial charge on any atom is -0.507 e. The Morgan fingerprint density at radius 2 is 1.90 bits per heavy atom. The van der Waals surface area contributed by atoms with Crippen molar-refractivity contribution in [3.8, 4) is 11.5 Å². The van der Waals surface area contributed by atoms with Crippen LogP contribution in [0.3, 0.4) is 0 Å². The Labute approximate surface area is 233 Å². The molecule has 2 rings (SSSR count).